The van der Waals surface area contributed by atoms with Crippen molar-refractivity contribution in [3.63, 3.8) is 0 Å². The number of likely N-dealkylation sites (tertiary alicyclic amines) is 1. The molecule has 1 aromatic carbocycles. The van der Waals surface area contributed by atoms with E-state index in [1.807, 2.05) is 6.20 Å². The van der Waals surface area contributed by atoms with E-state index in [-0.39, 0.29) is 11.9 Å². The summed E-state index contributed by atoms with van der Waals surface area (Å²) in [5.41, 5.74) is 1.96. The molecule has 1 aromatic heterocycles. The summed E-state index contributed by atoms with van der Waals surface area (Å²) in [5, 5.41) is 16.8. The van der Waals surface area contributed by atoms with Crippen molar-refractivity contribution in [2.24, 2.45) is 5.92 Å². The summed E-state index contributed by atoms with van der Waals surface area (Å²) < 4.78 is 13.2. The van der Waals surface area contributed by atoms with Crippen molar-refractivity contribution in [3.8, 4) is 0 Å². The van der Waals surface area contributed by atoms with Crippen LogP contribution in [0.3, 0.4) is 0 Å². The Bertz CT molecular complexity index is 888. The molecule has 2 aromatic rings. The lowest BCUT2D eigenvalue weighted by Crippen LogP contribution is -2.35. The van der Waals surface area contributed by atoms with Crippen molar-refractivity contribution in [2.75, 3.05) is 30.3 Å². The maximum absolute atomic E-state index is 13.2. The number of halogens is 1. The van der Waals surface area contributed by atoms with Crippen molar-refractivity contribution in [1.82, 2.24) is 14.9 Å². The van der Waals surface area contributed by atoms with E-state index in [4.69, 9.17) is 4.98 Å². The third kappa shape index (κ3) is 5.56. The second-order valence-corrected chi connectivity index (χ2v) is 9.80. The van der Waals surface area contributed by atoms with Gasteiger partial charge in [-0.15, -0.1) is 0 Å². The Balaban J connectivity index is 1.31. The molecular formula is C25H34FN5O. The molecule has 32 heavy (non-hydrogen) atoms. The Kier molecular flexibility index (Phi) is 6.55. The molecule has 1 aliphatic heterocycles. The third-order valence-corrected chi connectivity index (χ3v) is 7.20. The second-order valence-electron chi connectivity index (χ2n) is 9.80. The van der Waals surface area contributed by atoms with Crippen LogP contribution in [0.5, 0.6) is 0 Å². The predicted molar refractivity (Wildman–Crippen MR) is 125 cm³/mol. The van der Waals surface area contributed by atoms with Gasteiger partial charge in [-0.3, -0.25) is 0 Å². The fraction of sp³-hybridized carbons (Fsp3) is 0.600. The highest BCUT2D eigenvalue weighted by Gasteiger charge is 2.29. The van der Waals surface area contributed by atoms with Gasteiger partial charge in [0.25, 0.3) is 0 Å². The zero-order chi connectivity index (χ0) is 21.9. The molecular weight excluding hydrogens is 405 g/mol. The first-order valence-electron chi connectivity index (χ1n) is 12.2. The van der Waals surface area contributed by atoms with Crippen LogP contribution in [0.4, 0.5) is 21.8 Å². The summed E-state index contributed by atoms with van der Waals surface area (Å²) >= 11 is 0. The average molecular weight is 440 g/mol. The number of aliphatic hydroxyl groups is 1. The van der Waals surface area contributed by atoms with Crippen LogP contribution in [-0.4, -0.2) is 51.8 Å². The van der Waals surface area contributed by atoms with Gasteiger partial charge in [0.05, 0.1) is 6.10 Å². The number of anilines is 3. The molecule has 0 unspecified atom stereocenters. The zero-order valence-corrected chi connectivity index (χ0v) is 18.6. The Morgan fingerprint density at radius 2 is 1.69 bits per heavy atom. The SMILES string of the molecule is OC1CCC(Nc2nc(Nc3ccc(F)cc3)ncc2C2CCN(CC3CC3)CC2)CC1. The highest BCUT2D eigenvalue weighted by Crippen LogP contribution is 2.36. The van der Waals surface area contributed by atoms with Crippen LogP contribution < -0.4 is 10.6 Å². The summed E-state index contributed by atoms with van der Waals surface area (Å²) in [7, 11) is 0. The molecule has 6 nitrogen and oxygen atoms in total. The molecule has 3 N–H and O–H groups in total. The van der Waals surface area contributed by atoms with E-state index >= 15 is 0 Å². The molecule has 0 bridgehead atoms. The van der Waals surface area contributed by atoms with E-state index in [1.165, 1.54) is 37.1 Å². The molecule has 5 rings (SSSR count). The van der Waals surface area contributed by atoms with E-state index in [0.717, 1.165) is 69.0 Å². The molecule has 3 aliphatic rings. The molecule has 7 heteroatoms. The van der Waals surface area contributed by atoms with E-state index < -0.39 is 0 Å². The molecule has 1 saturated heterocycles. The van der Waals surface area contributed by atoms with E-state index in [1.54, 1.807) is 12.1 Å². The smallest absolute Gasteiger partial charge is 0.229 e. The lowest BCUT2D eigenvalue weighted by atomic mass is 9.89. The topological polar surface area (TPSA) is 73.3 Å². The Morgan fingerprint density at radius 3 is 2.38 bits per heavy atom. The molecule has 0 radical (unpaired) electrons. The van der Waals surface area contributed by atoms with E-state index in [2.05, 4.69) is 20.5 Å². The average Bonchev–Trinajstić information content (AvgIpc) is 3.62. The first-order valence-corrected chi connectivity index (χ1v) is 12.2. The Hall–Kier alpha value is -2.25. The lowest BCUT2D eigenvalue weighted by molar-refractivity contribution is 0.126. The summed E-state index contributed by atoms with van der Waals surface area (Å²) in [6.07, 6.45) is 10.4. The largest absolute Gasteiger partial charge is 0.393 e. The van der Waals surface area contributed by atoms with Crippen molar-refractivity contribution in [3.05, 3.63) is 41.8 Å². The van der Waals surface area contributed by atoms with Crippen LogP contribution >= 0.6 is 0 Å². The van der Waals surface area contributed by atoms with Gasteiger partial charge in [0.1, 0.15) is 11.6 Å². The van der Waals surface area contributed by atoms with Crippen LogP contribution in [0.15, 0.2) is 30.5 Å². The summed E-state index contributed by atoms with van der Waals surface area (Å²) in [6, 6.07) is 6.56. The molecule has 0 atom stereocenters. The maximum atomic E-state index is 13.2. The first kappa shape index (κ1) is 21.6. The van der Waals surface area contributed by atoms with E-state index in [0.29, 0.717) is 17.9 Å². The highest BCUT2D eigenvalue weighted by atomic mass is 19.1. The second kappa shape index (κ2) is 9.71. The minimum absolute atomic E-state index is 0.176. The van der Waals surface area contributed by atoms with Gasteiger partial charge in [-0.25, -0.2) is 9.37 Å². The van der Waals surface area contributed by atoms with Gasteiger partial charge < -0.3 is 20.6 Å². The van der Waals surface area contributed by atoms with Gasteiger partial charge in [-0.2, -0.15) is 4.98 Å². The predicted octanol–water partition coefficient (Wildman–Crippen LogP) is 4.66. The van der Waals surface area contributed by atoms with Gasteiger partial charge in [0.15, 0.2) is 0 Å². The molecule has 0 spiro atoms. The Morgan fingerprint density at radius 1 is 0.969 bits per heavy atom. The van der Waals surface area contributed by atoms with Crippen molar-refractivity contribution >= 4 is 17.5 Å². The third-order valence-electron chi connectivity index (χ3n) is 7.20. The standard InChI is InChI=1S/C25H34FN5O/c26-19-3-5-21(6-4-19)29-25-27-15-23(18-11-13-31(14-12-18)16-17-1-2-17)24(30-25)28-20-7-9-22(32)10-8-20/h3-6,15,17-18,20,22,32H,1-2,7-14,16H2,(H2,27,28,29,30). The lowest BCUT2D eigenvalue weighted by Gasteiger charge is -2.33. The van der Waals surface area contributed by atoms with Crippen LogP contribution in [0, 0.1) is 11.7 Å². The molecule has 3 fully saturated rings. The van der Waals surface area contributed by atoms with Crippen molar-refractivity contribution in [1.29, 1.82) is 0 Å². The number of rotatable bonds is 7. The summed E-state index contributed by atoms with van der Waals surface area (Å²) in [5.74, 6) is 2.56. The van der Waals surface area contributed by atoms with Gasteiger partial charge in [-0.1, -0.05) is 0 Å². The fourth-order valence-corrected chi connectivity index (χ4v) is 5.03. The van der Waals surface area contributed by atoms with Crippen LogP contribution in [0.1, 0.15) is 62.8 Å². The van der Waals surface area contributed by atoms with E-state index in [9.17, 15) is 9.50 Å². The van der Waals surface area contributed by atoms with Crippen molar-refractivity contribution in [2.45, 2.75) is 69.4 Å². The number of hydrogen-bond donors (Lipinski definition) is 3. The first-order chi connectivity index (χ1) is 15.6. The summed E-state index contributed by atoms with van der Waals surface area (Å²) in [6.45, 7) is 3.55. The molecule has 2 aliphatic carbocycles. The minimum atomic E-state index is -0.262. The zero-order valence-electron chi connectivity index (χ0n) is 18.6. The van der Waals surface area contributed by atoms with Gasteiger partial charge in [-0.05, 0) is 101 Å². The van der Waals surface area contributed by atoms with Crippen molar-refractivity contribution < 1.29 is 9.50 Å². The van der Waals surface area contributed by atoms with Gasteiger partial charge in [0, 0.05) is 30.0 Å². The number of benzene rings is 1. The monoisotopic (exact) mass is 439 g/mol. The fourth-order valence-electron chi connectivity index (χ4n) is 5.03. The van der Waals surface area contributed by atoms with Crippen LogP contribution in [0.25, 0.3) is 0 Å². The summed E-state index contributed by atoms with van der Waals surface area (Å²) in [4.78, 5) is 12.1. The maximum Gasteiger partial charge on any atom is 0.229 e. The minimum Gasteiger partial charge on any atom is -0.393 e. The molecule has 172 valence electrons. The number of aromatic nitrogens is 2. The van der Waals surface area contributed by atoms with Crippen LogP contribution in [-0.2, 0) is 0 Å². The number of nitrogens with one attached hydrogen (secondary N) is 2. The normalized spacial score (nSPS) is 24.9. The number of nitrogens with zero attached hydrogens (tertiary/aromatic N) is 3. The number of aliphatic hydroxyl groups excluding tert-OH is 1. The molecule has 2 heterocycles. The quantitative estimate of drug-likeness (QED) is 0.583. The number of hydrogen-bond acceptors (Lipinski definition) is 6. The van der Waals surface area contributed by atoms with Gasteiger partial charge in [0.2, 0.25) is 5.95 Å². The molecule has 0 amide bonds. The van der Waals surface area contributed by atoms with Crippen LogP contribution in [0.2, 0.25) is 0 Å². The number of piperidine rings is 1. The molecule has 2 saturated carbocycles. The Labute approximate surface area is 189 Å². The highest BCUT2D eigenvalue weighted by molar-refractivity contribution is 5.57. The van der Waals surface area contributed by atoms with Gasteiger partial charge >= 0.3 is 0 Å².